The van der Waals surface area contributed by atoms with Crippen molar-refractivity contribution >= 4 is 38.5 Å². The first-order valence-electron chi connectivity index (χ1n) is 9.20. The van der Waals surface area contributed by atoms with Crippen LogP contribution in [0.3, 0.4) is 0 Å². The Bertz CT molecular complexity index is 1160. The lowest BCUT2D eigenvalue weighted by Crippen LogP contribution is -2.27. The Labute approximate surface area is 170 Å². The molecule has 7 nitrogen and oxygen atoms in total. The van der Waals surface area contributed by atoms with E-state index in [0.29, 0.717) is 25.2 Å². The zero-order chi connectivity index (χ0) is 19.7. The summed E-state index contributed by atoms with van der Waals surface area (Å²) in [5, 5.41) is 8.40. The fourth-order valence-electron chi connectivity index (χ4n) is 3.51. The van der Waals surface area contributed by atoms with Gasteiger partial charge in [-0.25, -0.2) is 9.50 Å². The molecule has 0 aliphatic carbocycles. The largest absolute Gasteiger partial charge is 0.354 e. The van der Waals surface area contributed by atoms with E-state index in [9.17, 15) is 4.79 Å². The van der Waals surface area contributed by atoms with E-state index in [1.165, 1.54) is 11.7 Å². The number of carbonyl (C=O) groups excluding carboxylic acids is 1. The molecule has 28 heavy (non-hydrogen) atoms. The summed E-state index contributed by atoms with van der Waals surface area (Å²) in [6, 6.07) is 8.29. The Balaban J connectivity index is 1.34. The summed E-state index contributed by atoms with van der Waals surface area (Å²) in [6.45, 7) is 5.26. The summed E-state index contributed by atoms with van der Waals surface area (Å²) in [5.74, 6) is 0.629. The second-order valence-electron chi connectivity index (χ2n) is 6.80. The van der Waals surface area contributed by atoms with Crippen molar-refractivity contribution in [2.24, 2.45) is 0 Å². The van der Waals surface area contributed by atoms with Crippen LogP contribution in [0.25, 0.3) is 16.7 Å². The average Bonchev–Trinajstić information content (AvgIpc) is 3.28. The summed E-state index contributed by atoms with van der Waals surface area (Å²) in [7, 11) is 0. The average molecular weight is 441 g/mol. The van der Waals surface area contributed by atoms with Gasteiger partial charge in [-0.15, -0.1) is 0 Å². The van der Waals surface area contributed by atoms with Crippen LogP contribution in [0.15, 0.2) is 41.3 Å². The van der Waals surface area contributed by atoms with E-state index >= 15 is 0 Å². The number of aromatic nitrogens is 5. The van der Waals surface area contributed by atoms with Gasteiger partial charge in [-0.3, -0.25) is 4.79 Å². The van der Waals surface area contributed by atoms with Crippen LogP contribution in [0.1, 0.15) is 23.4 Å². The number of carbonyl (C=O) groups is 1. The van der Waals surface area contributed by atoms with Gasteiger partial charge in [0.2, 0.25) is 5.91 Å². The summed E-state index contributed by atoms with van der Waals surface area (Å²) in [4.78, 5) is 20.9. The first-order valence-corrected chi connectivity index (χ1v) is 9.99. The maximum absolute atomic E-state index is 12.3. The van der Waals surface area contributed by atoms with Crippen molar-refractivity contribution in [2.45, 2.75) is 33.2 Å². The van der Waals surface area contributed by atoms with E-state index in [4.69, 9.17) is 0 Å². The molecule has 0 aliphatic rings. The van der Waals surface area contributed by atoms with Gasteiger partial charge in [-0.1, -0.05) is 22.0 Å². The van der Waals surface area contributed by atoms with E-state index in [-0.39, 0.29) is 5.91 Å². The number of amides is 1. The lowest BCUT2D eigenvalue weighted by molar-refractivity contribution is -0.121. The lowest BCUT2D eigenvalue weighted by atomic mass is 10.1. The molecule has 0 atom stereocenters. The monoisotopic (exact) mass is 440 g/mol. The second kappa shape index (κ2) is 7.71. The first-order chi connectivity index (χ1) is 13.5. The number of nitrogens with zero attached hydrogens (tertiary/aromatic N) is 5. The van der Waals surface area contributed by atoms with Crippen molar-refractivity contribution in [1.29, 1.82) is 0 Å². The van der Waals surface area contributed by atoms with Gasteiger partial charge in [0.15, 0.2) is 0 Å². The summed E-state index contributed by atoms with van der Waals surface area (Å²) < 4.78 is 4.92. The van der Waals surface area contributed by atoms with Crippen LogP contribution in [-0.4, -0.2) is 36.6 Å². The summed E-state index contributed by atoms with van der Waals surface area (Å²) in [6.07, 6.45) is 4.59. The van der Waals surface area contributed by atoms with Gasteiger partial charge >= 0.3 is 0 Å². The van der Waals surface area contributed by atoms with E-state index in [1.807, 2.05) is 19.9 Å². The lowest BCUT2D eigenvalue weighted by Gasteiger charge is -2.11. The number of hydrogen-bond acceptors (Lipinski definition) is 4. The first kappa shape index (κ1) is 18.6. The van der Waals surface area contributed by atoms with Crippen molar-refractivity contribution in [1.82, 2.24) is 29.5 Å². The van der Waals surface area contributed by atoms with Crippen molar-refractivity contribution in [3.63, 3.8) is 0 Å². The molecule has 0 bridgehead atoms. The normalized spacial score (nSPS) is 11.4. The predicted molar refractivity (Wildman–Crippen MR) is 111 cm³/mol. The molecule has 1 amide bonds. The number of fused-ring (bicyclic) bond motifs is 2. The molecule has 8 heteroatoms. The van der Waals surface area contributed by atoms with Gasteiger partial charge in [0.05, 0.1) is 0 Å². The van der Waals surface area contributed by atoms with Crippen LogP contribution >= 0.6 is 15.9 Å². The molecular formula is C20H21BrN6O. The smallest absolute Gasteiger partial charge is 0.252 e. The van der Waals surface area contributed by atoms with Crippen molar-refractivity contribution < 1.29 is 4.79 Å². The topological polar surface area (TPSA) is 77.1 Å². The minimum atomic E-state index is 0.0372. The number of rotatable bonds is 6. The highest BCUT2D eigenvalue weighted by Crippen LogP contribution is 2.20. The summed E-state index contributed by atoms with van der Waals surface area (Å²) in [5.41, 5.74) is 4.09. The quantitative estimate of drug-likeness (QED) is 0.499. The van der Waals surface area contributed by atoms with E-state index in [0.717, 1.165) is 33.5 Å². The molecule has 4 rings (SSSR count). The Morgan fingerprint density at radius 3 is 2.96 bits per heavy atom. The number of benzene rings is 1. The highest BCUT2D eigenvalue weighted by atomic mass is 79.9. The Kier molecular flexibility index (Phi) is 5.13. The van der Waals surface area contributed by atoms with Gasteiger partial charge in [-0.05, 0) is 49.4 Å². The second-order valence-corrected chi connectivity index (χ2v) is 7.71. The third-order valence-electron chi connectivity index (χ3n) is 5.00. The predicted octanol–water partition coefficient (Wildman–Crippen LogP) is 3.21. The van der Waals surface area contributed by atoms with E-state index in [1.54, 1.807) is 4.52 Å². The van der Waals surface area contributed by atoms with Crippen molar-refractivity contribution in [3.8, 4) is 0 Å². The van der Waals surface area contributed by atoms with Gasteiger partial charge in [0.1, 0.15) is 6.33 Å². The Hall–Kier alpha value is -2.74. The standard InChI is InChI=1S/C20H21BrN6O/c1-13-17(14(2)27-20(25-13)23-12-24-27)5-6-19(28)22-8-10-26-9-7-15-3-4-16(21)11-18(15)26/h3-4,7,9,11-12H,5-6,8,10H2,1-2H3,(H,22,28). The van der Waals surface area contributed by atoms with Crippen molar-refractivity contribution in [2.75, 3.05) is 6.54 Å². The maximum Gasteiger partial charge on any atom is 0.252 e. The van der Waals surface area contributed by atoms with Crippen molar-refractivity contribution in [3.05, 3.63) is 58.2 Å². The van der Waals surface area contributed by atoms with Gasteiger partial charge in [0.25, 0.3) is 5.78 Å². The molecule has 0 aliphatic heterocycles. The van der Waals surface area contributed by atoms with E-state index in [2.05, 4.69) is 65.3 Å². The minimum Gasteiger partial charge on any atom is -0.354 e. The molecule has 0 spiro atoms. The van der Waals surface area contributed by atoms with Gasteiger partial charge in [0, 0.05) is 47.1 Å². The minimum absolute atomic E-state index is 0.0372. The molecule has 1 N–H and O–H groups in total. The molecule has 3 aromatic heterocycles. The SMILES string of the molecule is Cc1nc2ncnn2c(C)c1CCC(=O)NCCn1ccc2ccc(Br)cc21. The highest BCUT2D eigenvalue weighted by Gasteiger charge is 2.12. The maximum atomic E-state index is 12.3. The molecule has 0 saturated carbocycles. The molecule has 144 valence electrons. The number of hydrogen-bond donors (Lipinski definition) is 1. The van der Waals surface area contributed by atoms with Crippen LogP contribution < -0.4 is 5.32 Å². The van der Waals surface area contributed by atoms with Crippen LogP contribution in [-0.2, 0) is 17.8 Å². The molecule has 0 fully saturated rings. The van der Waals surface area contributed by atoms with Gasteiger partial charge in [-0.2, -0.15) is 10.1 Å². The molecular weight excluding hydrogens is 420 g/mol. The highest BCUT2D eigenvalue weighted by molar-refractivity contribution is 9.10. The van der Waals surface area contributed by atoms with E-state index < -0.39 is 0 Å². The Morgan fingerprint density at radius 2 is 2.11 bits per heavy atom. The number of aryl methyl sites for hydroxylation is 2. The molecule has 0 unspecified atom stereocenters. The zero-order valence-corrected chi connectivity index (χ0v) is 17.4. The van der Waals surface area contributed by atoms with Crippen LogP contribution in [0.5, 0.6) is 0 Å². The number of nitrogens with one attached hydrogen (secondary N) is 1. The molecule has 0 saturated heterocycles. The van der Waals surface area contributed by atoms with Crippen LogP contribution in [0.4, 0.5) is 0 Å². The molecule has 4 aromatic rings. The van der Waals surface area contributed by atoms with Gasteiger partial charge < -0.3 is 9.88 Å². The fourth-order valence-corrected chi connectivity index (χ4v) is 3.86. The number of halogens is 1. The molecule has 0 radical (unpaired) electrons. The Morgan fingerprint density at radius 1 is 1.25 bits per heavy atom. The third-order valence-corrected chi connectivity index (χ3v) is 5.49. The summed E-state index contributed by atoms with van der Waals surface area (Å²) >= 11 is 3.51. The third kappa shape index (κ3) is 3.64. The molecule has 3 heterocycles. The zero-order valence-electron chi connectivity index (χ0n) is 15.8. The van der Waals surface area contributed by atoms with Crippen LogP contribution in [0, 0.1) is 13.8 Å². The molecule has 1 aromatic carbocycles. The fraction of sp³-hybridized carbons (Fsp3) is 0.300. The van der Waals surface area contributed by atoms with Crippen LogP contribution in [0.2, 0.25) is 0 Å².